The van der Waals surface area contributed by atoms with Crippen molar-refractivity contribution in [1.29, 1.82) is 0 Å². The lowest BCUT2D eigenvalue weighted by Crippen LogP contribution is -2.16. The molecule has 2 aromatic rings. The van der Waals surface area contributed by atoms with E-state index in [4.69, 9.17) is 0 Å². The highest BCUT2D eigenvalue weighted by atomic mass is 32.2. The van der Waals surface area contributed by atoms with Crippen LogP contribution in [-0.2, 0) is 17.3 Å². The molecule has 0 fully saturated rings. The summed E-state index contributed by atoms with van der Waals surface area (Å²) in [6.07, 6.45) is 6.58. The van der Waals surface area contributed by atoms with E-state index in [1.54, 1.807) is 6.26 Å². The molecule has 1 unspecified atom stereocenters. The van der Waals surface area contributed by atoms with E-state index in [2.05, 4.69) is 10.4 Å². The van der Waals surface area contributed by atoms with Gasteiger partial charge in [0.25, 0.3) is 0 Å². The average molecular weight is 277 g/mol. The van der Waals surface area contributed by atoms with Crippen LogP contribution in [0, 0.1) is 0 Å². The standard InChI is InChI=1S/C14H19N3OS/c1-19(18)9-5-8-15-10-13-11-16-17(12-13)14-6-3-2-4-7-14/h2-4,6-7,11-12,15H,5,8-10H2,1H3. The minimum absolute atomic E-state index is 0.691. The molecular weight excluding hydrogens is 258 g/mol. The topological polar surface area (TPSA) is 46.9 Å². The SMILES string of the molecule is CS(=O)CCCNCc1cnn(-c2ccccc2)c1. The van der Waals surface area contributed by atoms with Crippen molar-refractivity contribution in [2.45, 2.75) is 13.0 Å². The molecule has 2 rings (SSSR count). The van der Waals surface area contributed by atoms with Crippen molar-refractivity contribution in [1.82, 2.24) is 15.1 Å². The molecule has 1 heterocycles. The van der Waals surface area contributed by atoms with Gasteiger partial charge in [0.05, 0.1) is 11.9 Å². The normalized spacial score (nSPS) is 12.5. The van der Waals surface area contributed by atoms with Gasteiger partial charge in [-0.25, -0.2) is 4.68 Å². The summed E-state index contributed by atoms with van der Waals surface area (Å²) in [6.45, 7) is 1.68. The number of nitrogens with zero attached hydrogens (tertiary/aromatic N) is 2. The van der Waals surface area contributed by atoms with E-state index in [-0.39, 0.29) is 0 Å². The molecule has 1 atom stereocenters. The fraction of sp³-hybridized carbons (Fsp3) is 0.357. The van der Waals surface area contributed by atoms with Crippen LogP contribution >= 0.6 is 0 Å². The lowest BCUT2D eigenvalue weighted by atomic mass is 10.3. The Morgan fingerprint density at radius 2 is 2.11 bits per heavy atom. The number of hydrogen-bond acceptors (Lipinski definition) is 3. The van der Waals surface area contributed by atoms with Crippen LogP contribution in [-0.4, -0.2) is 32.5 Å². The minimum Gasteiger partial charge on any atom is -0.313 e. The summed E-state index contributed by atoms with van der Waals surface area (Å²) in [6, 6.07) is 10.0. The number of hydrogen-bond donors (Lipinski definition) is 1. The van der Waals surface area contributed by atoms with E-state index in [1.807, 2.05) is 47.4 Å². The Balaban J connectivity index is 1.80. The highest BCUT2D eigenvalue weighted by molar-refractivity contribution is 7.84. The van der Waals surface area contributed by atoms with Gasteiger partial charge in [-0.1, -0.05) is 18.2 Å². The molecule has 19 heavy (non-hydrogen) atoms. The van der Waals surface area contributed by atoms with Gasteiger partial charge >= 0.3 is 0 Å². The van der Waals surface area contributed by atoms with Crippen LogP contribution in [0.25, 0.3) is 5.69 Å². The van der Waals surface area contributed by atoms with Crippen molar-refractivity contribution < 1.29 is 4.21 Å². The first-order valence-electron chi connectivity index (χ1n) is 6.35. The van der Waals surface area contributed by atoms with E-state index in [1.165, 1.54) is 0 Å². The first kappa shape index (κ1) is 14.0. The number of para-hydroxylation sites is 1. The Morgan fingerprint density at radius 1 is 1.32 bits per heavy atom. The molecular formula is C14H19N3OS. The fourth-order valence-corrected chi connectivity index (χ4v) is 2.36. The maximum Gasteiger partial charge on any atom is 0.0645 e. The molecule has 5 heteroatoms. The highest BCUT2D eigenvalue weighted by Gasteiger charge is 2.00. The number of nitrogens with one attached hydrogen (secondary N) is 1. The zero-order valence-corrected chi connectivity index (χ0v) is 11.9. The van der Waals surface area contributed by atoms with Crippen LogP contribution in [0.3, 0.4) is 0 Å². The molecule has 1 N–H and O–H groups in total. The summed E-state index contributed by atoms with van der Waals surface area (Å²) < 4.78 is 12.8. The van der Waals surface area contributed by atoms with E-state index in [0.29, 0.717) is 0 Å². The van der Waals surface area contributed by atoms with Crippen molar-refractivity contribution in [2.24, 2.45) is 0 Å². The van der Waals surface area contributed by atoms with E-state index in [9.17, 15) is 4.21 Å². The van der Waals surface area contributed by atoms with Gasteiger partial charge in [0.1, 0.15) is 0 Å². The van der Waals surface area contributed by atoms with Crippen LogP contribution in [0.1, 0.15) is 12.0 Å². The molecule has 1 aromatic heterocycles. The Morgan fingerprint density at radius 3 is 2.84 bits per heavy atom. The van der Waals surface area contributed by atoms with E-state index < -0.39 is 10.8 Å². The zero-order valence-electron chi connectivity index (χ0n) is 11.1. The molecule has 0 saturated heterocycles. The van der Waals surface area contributed by atoms with Crippen molar-refractivity contribution in [3.05, 3.63) is 48.3 Å². The lowest BCUT2D eigenvalue weighted by molar-refractivity contribution is 0.662. The third-order valence-electron chi connectivity index (χ3n) is 2.77. The molecule has 4 nitrogen and oxygen atoms in total. The van der Waals surface area contributed by atoms with Gasteiger partial charge in [-0.05, 0) is 25.1 Å². The molecule has 0 saturated carbocycles. The van der Waals surface area contributed by atoms with E-state index >= 15 is 0 Å². The summed E-state index contributed by atoms with van der Waals surface area (Å²) in [5.74, 6) is 0.760. The number of aromatic nitrogens is 2. The second-order valence-electron chi connectivity index (χ2n) is 4.44. The maximum atomic E-state index is 10.9. The maximum absolute atomic E-state index is 10.9. The Kier molecular flexibility index (Phi) is 5.30. The first-order valence-corrected chi connectivity index (χ1v) is 8.08. The summed E-state index contributed by atoms with van der Waals surface area (Å²) in [4.78, 5) is 0. The second kappa shape index (κ2) is 7.21. The molecule has 0 aliphatic heterocycles. The Bertz CT molecular complexity index is 524. The molecule has 102 valence electrons. The molecule has 0 aliphatic carbocycles. The van der Waals surface area contributed by atoms with Gasteiger partial charge in [-0.3, -0.25) is 4.21 Å². The second-order valence-corrected chi connectivity index (χ2v) is 5.99. The Hall–Kier alpha value is -1.46. The van der Waals surface area contributed by atoms with Crippen molar-refractivity contribution in [3.8, 4) is 5.69 Å². The van der Waals surface area contributed by atoms with Gasteiger partial charge in [0, 0.05) is 41.1 Å². The van der Waals surface area contributed by atoms with Crippen LogP contribution in [0.4, 0.5) is 0 Å². The highest BCUT2D eigenvalue weighted by Crippen LogP contribution is 2.07. The summed E-state index contributed by atoms with van der Waals surface area (Å²) in [5.41, 5.74) is 2.22. The quantitative estimate of drug-likeness (QED) is 0.784. The van der Waals surface area contributed by atoms with Gasteiger partial charge in [-0.15, -0.1) is 0 Å². The number of rotatable bonds is 7. The van der Waals surface area contributed by atoms with Crippen LogP contribution in [0.5, 0.6) is 0 Å². The average Bonchev–Trinajstić information content (AvgIpc) is 2.88. The molecule has 0 aliphatic rings. The predicted molar refractivity (Wildman–Crippen MR) is 78.8 cm³/mol. The minimum atomic E-state index is -0.691. The van der Waals surface area contributed by atoms with Crippen molar-refractivity contribution >= 4 is 10.8 Å². The molecule has 0 spiro atoms. The van der Waals surface area contributed by atoms with Crippen molar-refractivity contribution in [3.63, 3.8) is 0 Å². The Labute approximate surface area is 116 Å². The first-order chi connectivity index (χ1) is 9.25. The third kappa shape index (κ3) is 4.61. The molecule has 0 amide bonds. The predicted octanol–water partition coefficient (Wildman–Crippen LogP) is 1.73. The van der Waals surface area contributed by atoms with Crippen molar-refractivity contribution in [2.75, 3.05) is 18.6 Å². The summed E-state index contributed by atoms with van der Waals surface area (Å²) in [7, 11) is -0.691. The van der Waals surface area contributed by atoms with Crippen LogP contribution in [0.15, 0.2) is 42.7 Å². The smallest absolute Gasteiger partial charge is 0.0645 e. The largest absolute Gasteiger partial charge is 0.313 e. The van der Waals surface area contributed by atoms with Crippen LogP contribution in [0.2, 0.25) is 0 Å². The summed E-state index contributed by atoms with van der Waals surface area (Å²) in [5, 5.41) is 7.68. The van der Waals surface area contributed by atoms with Gasteiger partial charge < -0.3 is 5.32 Å². The monoisotopic (exact) mass is 277 g/mol. The van der Waals surface area contributed by atoms with Gasteiger partial charge in [0.15, 0.2) is 0 Å². The fourth-order valence-electron chi connectivity index (χ4n) is 1.81. The van der Waals surface area contributed by atoms with Gasteiger partial charge in [0.2, 0.25) is 0 Å². The van der Waals surface area contributed by atoms with Crippen LogP contribution < -0.4 is 5.32 Å². The summed E-state index contributed by atoms with van der Waals surface area (Å²) >= 11 is 0. The molecule has 1 aromatic carbocycles. The third-order valence-corrected chi connectivity index (χ3v) is 3.63. The lowest BCUT2D eigenvalue weighted by Gasteiger charge is -2.02. The molecule has 0 radical (unpaired) electrons. The molecule has 0 bridgehead atoms. The zero-order chi connectivity index (χ0) is 13.5. The van der Waals surface area contributed by atoms with E-state index in [0.717, 1.165) is 36.5 Å². The number of benzene rings is 1. The van der Waals surface area contributed by atoms with Gasteiger partial charge in [-0.2, -0.15) is 5.10 Å².